The average Bonchev–Trinajstić information content (AvgIpc) is 2.60. The second-order valence-electron chi connectivity index (χ2n) is 4.95. The van der Waals surface area contributed by atoms with Crippen LogP contribution in [0.3, 0.4) is 0 Å². The Hall–Kier alpha value is -2.14. The maximum Gasteiger partial charge on any atom is 0.282 e. The lowest BCUT2D eigenvalue weighted by molar-refractivity contribution is 0.112. The maximum absolute atomic E-state index is 12.1. The van der Waals surface area contributed by atoms with Gasteiger partial charge in [0.25, 0.3) is 5.56 Å². The molecule has 1 N–H and O–H groups in total. The lowest BCUT2D eigenvalue weighted by Gasteiger charge is -2.08. The highest BCUT2D eigenvalue weighted by molar-refractivity contribution is 5.77. The first-order valence-corrected chi connectivity index (χ1v) is 6.87. The highest BCUT2D eigenvalue weighted by Gasteiger charge is 2.15. The van der Waals surface area contributed by atoms with Gasteiger partial charge >= 0.3 is 0 Å². The van der Waals surface area contributed by atoms with E-state index in [-0.39, 0.29) is 11.1 Å². The van der Waals surface area contributed by atoms with Gasteiger partial charge in [-0.2, -0.15) is 0 Å². The first-order valence-electron chi connectivity index (χ1n) is 6.87. The van der Waals surface area contributed by atoms with Crippen LogP contribution in [0.25, 0.3) is 5.70 Å². The molecule has 0 aliphatic heterocycles. The van der Waals surface area contributed by atoms with Crippen molar-refractivity contribution in [2.75, 3.05) is 14.1 Å². The average molecular weight is 289 g/mol. The van der Waals surface area contributed by atoms with Gasteiger partial charge in [0.1, 0.15) is 5.56 Å². The summed E-state index contributed by atoms with van der Waals surface area (Å²) in [6, 6.07) is 0. The molecule has 114 valence electrons. The number of carbonyl (C=O) groups is 1. The standard InChI is InChI=1S/C14H16N2O2.C2H7N/c1-10-5-4-6-12(8-7-10)16-14(18)13(9-17)11(2)15(16)3;1-3-2/h4-10H,1-3H3;3H,1-2H3. The predicted octanol–water partition coefficient (Wildman–Crippen LogP) is 1.75. The van der Waals surface area contributed by atoms with Crippen molar-refractivity contribution < 1.29 is 4.79 Å². The quantitative estimate of drug-likeness (QED) is 0.844. The van der Waals surface area contributed by atoms with Gasteiger partial charge in [0.15, 0.2) is 6.29 Å². The number of allylic oxidation sites excluding steroid dienone is 6. The number of nitrogens with one attached hydrogen (secondary N) is 1. The summed E-state index contributed by atoms with van der Waals surface area (Å²) in [7, 11) is 5.52. The Labute approximate surface area is 125 Å². The lowest BCUT2D eigenvalue weighted by Crippen LogP contribution is -2.21. The molecule has 1 aromatic rings. The normalized spacial score (nSPS) is 16.8. The minimum Gasteiger partial charge on any atom is -0.323 e. The van der Waals surface area contributed by atoms with E-state index in [4.69, 9.17) is 0 Å². The van der Waals surface area contributed by atoms with Gasteiger partial charge in [-0.3, -0.25) is 14.3 Å². The van der Waals surface area contributed by atoms with Crippen molar-refractivity contribution in [1.29, 1.82) is 0 Å². The number of rotatable bonds is 2. The molecule has 0 bridgehead atoms. The fourth-order valence-corrected chi connectivity index (χ4v) is 2.00. The molecule has 0 spiro atoms. The summed E-state index contributed by atoms with van der Waals surface area (Å²) in [5, 5.41) is 2.75. The van der Waals surface area contributed by atoms with Gasteiger partial charge < -0.3 is 5.32 Å². The smallest absolute Gasteiger partial charge is 0.282 e. The van der Waals surface area contributed by atoms with E-state index >= 15 is 0 Å². The first kappa shape index (κ1) is 16.9. The number of hydrogen-bond donors (Lipinski definition) is 1. The fraction of sp³-hybridized carbons (Fsp3) is 0.375. The van der Waals surface area contributed by atoms with Gasteiger partial charge in [-0.25, -0.2) is 4.68 Å². The molecule has 1 aliphatic carbocycles. The summed E-state index contributed by atoms with van der Waals surface area (Å²) in [5.41, 5.74) is 1.38. The summed E-state index contributed by atoms with van der Waals surface area (Å²) in [6.07, 6.45) is 10.4. The summed E-state index contributed by atoms with van der Waals surface area (Å²) >= 11 is 0. The summed E-state index contributed by atoms with van der Waals surface area (Å²) in [4.78, 5) is 23.1. The zero-order valence-electron chi connectivity index (χ0n) is 13.3. The van der Waals surface area contributed by atoms with Gasteiger partial charge in [0.05, 0.1) is 5.70 Å². The van der Waals surface area contributed by atoms with E-state index in [0.29, 0.717) is 17.9 Å². The van der Waals surface area contributed by atoms with Crippen LogP contribution in [0, 0.1) is 12.8 Å². The van der Waals surface area contributed by atoms with Gasteiger partial charge in [-0.1, -0.05) is 25.2 Å². The van der Waals surface area contributed by atoms with Crippen LogP contribution in [0.15, 0.2) is 35.2 Å². The second-order valence-corrected chi connectivity index (χ2v) is 4.95. The summed E-state index contributed by atoms with van der Waals surface area (Å²) in [5.74, 6) is 0.335. The molecule has 2 rings (SSSR count). The van der Waals surface area contributed by atoms with E-state index < -0.39 is 0 Å². The molecule has 0 fully saturated rings. The number of nitrogens with zero attached hydrogens (tertiary/aromatic N) is 2. The molecule has 0 saturated heterocycles. The van der Waals surface area contributed by atoms with Crippen molar-refractivity contribution in [2.45, 2.75) is 13.8 Å². The number of hydrogen-bond acceptors (Lipinski definition) is 3. The topological polar surface area (TPSA) is 56.0 Å². The molecule has 21 heavy (non-hydrogen) atoms. The van der Waals surface area contributed by atoms with Crippen LogP contribution < -0.4 is 10.9 Å². The third-order valence-corrected chi connectivity index (χ3v) is 3.21. The second kappa shape index (κ2) is 7.59. The highest BCUT2D eigenvalue weighted by atomic mass is 16.1. The van der Waals surface area contributed by atoms with E-state index in [0.717, 1.165) is 5.70 Å². The zero-order chi connectivity index (χ0) is 16.0. The van der Waals surface area contributed by atoms with Crippen molar-refractivity contribution in [3.05, 3.63) is 52.0 Å². The summed E-state index contributed by atoms with van der Waals surface area (Å²) in [6.45, 7) is 3.83. The Morgan fingerprint density at radius 3 is 2.43 bits per heavy atom. The third-order valence-electron chi connectivity index (χ3n) is 3.21. The zero-order valence-corrected chi connectivity index (χ0v) is 13.3. The van der Waals surface area contributed by atoms with Crippen LogP contribution in [0.2, 0.25) is 0 Å². The molecule has 1 aliphatic rings. The van der Waals surface area contributed by atoms with Crippen molar-refractivity contribution in [3.8, 4) is 0 Å². The largest absolute Gasteiger partial charge is 0.323 e. The van der Waals surface area contributed by atoms with Gasteiger partial charge in [-0.05, 0) is 39.1 Å². The van der Waals surface area contributed by atoms with Crippen molar-refractivity contribution >= 4 is 12.0 Å². The fourth-order valence-electron chi connectivity index (χ4n) is 2.00. The maximum atomic E-state index is 12.1. The Morgan fingerprint density at radius 1 is 1.29 bits per heavy atom. The lowest BCUT2D eigenvalue weighted by atomic mass is 10.2. The number of aromatic nitrogens is 2. The molecule has 1 atom stereocenters. The van der Waals surface area contributed by atoms with E-state index in [9.17, 15) is 9.59 Å². The highest BCUT2D eigenvalue weighted by Crippen LogP contribution is 2.14. The molecule has 1 unspecified atom stereocenters. The molecule has 0 saturated carbocycles. The van der Waals surface area contributed by atoms with Crippen LogP contribution in [-0.2, 0) is 7.05 Å². The Bertz CT molecular complexity index is 645. The Balaban J connectivity index is 0.000000677. The monoisotopic (exact) mass is 289 g/mol. The third kappa shape index (κ3) is 3.70. The van der Waals surface area contributed by atoms with Gasteiger partial charge in [-0.15, -0.1) is 0 Å². The van der Waals surface area contributed by atoms with Crippen LogP contribution in [0.1, 0.15) is 23.0 Å². The van der Waals surface area contributed by atoms with Crippen LogP contribution >= 0.6 is 0 Å². The Morgan fingerprint density at radius 2 is 1.90 bits per heavy atom. The van der Waals surface area contributed by atoms with E-state index in [2.05, 4.69) is 12.2 Å². The summed E-state index contributed by atoms with van der Waals surface area (Å²) < 4.78 is 3.21. The minimum atomic E-state index is -0.274. The molecule has 0 aromatic carbocycles. The molecule has 0 amide bonds. The molecular formula is C16H23N3O2. The van der Waals surface area contributed by atoms with Crippen LogP contribution in [-0.4, -0.2) is 29.7 Å². The minimum absolute atomic E-state index is 0.216. The van der Waals surface area contributed by atoms with Crippen molar-refractivity contribution in [1.82, 2.24) is 14.7 Å². The number of carbonyl (C=O) groups excluding carboxylic acids is 1. The molecule has 0 radical (unpaired) electrons. The van der Waals surface area contributed by atoms with E-state index in [1.165, 1.54) is 4.68 Å². The van der Waals surface area contributed by atoms with E-state index in [1.807, 2.05) is 44.5 Å². The molecular weight excluding hydrogens is 266 g/mol. The first-order chi connectivity index (χ1) is 9.97. The van der Waals surface area contributed by atoms with Crippen LogP contribution in [0.5, 0.6) is 0 Å². The Kier molecular flexibility index (Phi) is 6.11. The van der Waals surface area contributed by atoms with Crippen LogP contribution in [0.4, 0.5) is 0 Å². The van der Waals surface area contributed by atoms with Crippen molar-refractivity contribution in [3.63, 3.8) is 0 Å². The molecule has 1 heterocycles. The van der Waals surface area contributed by atoms with Gasteiger partial charge in [0.2, 0.25) is 0 Å². The van der Waals surface area contributed by atoms with Gasteiger partial charge in [0, 0.05) is 12.7 Å². The molecule has 1 aromatic heterocycles. The van der Waals surface area contributed by atoms with E-state index in [1.54, 1.807) is 18.7 Å². The molecule has 5 nitrogen and oxygen atoms in total. The SMILES string of the molecule is CNC.Cc1c(C=O)c(=O)n(C2=CC=CC(C)C=C2)n1C. The molecule has 5 heteroatoms. The predicted molar refractivity (Wildman–Crippen MR) is 86.5 cm³/mol. The number of aldehydes is 1. The van der Waals surface area contributed by atoms with Crippen molar-refractivity contribution in [2.24, 2.45) is 13.0 Å².